The Morgan fingerprint density at radius 2 is 1.65 bits per heavy atom. The van der Waals surface area contributed by atoms with Crippen LogP contribution in [0.5, 0.6) is 0 Å². The van der Waals surface area contributed by atoms with Crippen LogP contribution in [0, 0.1) is 0 Å². The van der Waals surface area contributed by atoms with Gasteiger partial charge in [-0.15, -0.1) is 0 Å². The molecule has 0 saturated heterocycles. The van der Waals surface area contributed by atoms with Gasteiger partial charge in [0, 0.05) is 5.57 Å². The summed E-state index contributed by atoms with van der Waals surface area (Å²) in [5.74, 6) is -1.74. The highest BCUT2D eigenvalue weighted by atomic mass is 19.4. The first kappa shape index (κ1) is 18.5. The number of carbonyl (C=O) groups excluding carboxylic acids is 2. The van der Waals surface area contributed by atoms with Crippen molar-refractivity contribution in [3.63, 3.8) is 0 Å². The molecule has 0 aliphatic carbocycles. The van der Waals surface area contributed by atoms with E-state index in [9.17, 15) is 22.8 Å². The summed E-state index contributed by atoms with van der Waals surface area (Å²) in [4.78, 5) is 23.0. The molecule has 0 aromatic carbocycles. The van der Waals surface area contributed by atoms with E-state index < -0.39 is 36.7 Å². The van der Waals surface area contributed by atoms with Crippen molar-refractivity contribution in [3.05, 3.63) is 12.2 Å². The van der Waals surface area contributed by atoms with Gasteiger partial charge in [-0.05, 0) is 19.8 Å². The Morgan fingerprint density at radius 1 is 1.15 bits per heavy atom. The number of hydrogen-bond donors (Lipinski definition) is 0. The van der Waals surface area contributed by atoms with E-state index in [0.29, 0.717) is 0 Å². The Balaban J connectivity index is 4.71. The zero-order valence-electron chi connectivity index (χ0n) is 11.8. The fraction of sp³-hybridized carbons (Fsp3) is 0.692. The lowest BCUT2D eigenvalue weighted by Gasteiger charge is -2.30. The molecule has 20 heavy (non-hydrogen) atoms. The number of halogens is 3. The normalized spacial score (nSPS) is 11.9. The van der Waals surface area contributed by atoms with E-state index >= 15 is 0 Å². The van der Waals surface area contributed by atoms with E-state index in [4.69, 9.17) is 4.74 Å². The van der Waals surface area contributed by atoms with Crippen LogP contribution in [0.15, 0.2) is 12.2 Å². The lowest BCUT2D eigenvalue weighted by atomic mass is 9.93. The molecule has 0 heterocycles. The molecule has 0 rings (SSSR count). The SMILES string of the molecule is C=C(C)C(=O)OC(CC)(CC)CC(=O)OCC(F)(F)F. The molecular weight excluding hydrogens is 277 g/mol. The quantitative estimate of drug-likeness (QED) is 0.535. The zero-order valence-corrected chi connectivity index (χ0v) is 11.8. The van der Waals surface area contributed by atoms with Gasteiger partial charge in [0.05, 0.1) is 6.42 Å². The largest absolute Gasteiger partial charge is 0.456 e. The topological polar surface area (TPSA) is 52.6 Å². The minimum atomic E-state index is -4.58. The third kappa shape index (κ3) is 6.58. The van der Waals surface area contributed by atoms with Crippen molar-refractivity contribution in [2.24, 2.45) is 0 Å². The maximum absolute atomic E-state index is 12.0. The first-order valence-electron chi connectivity index (χ1n) is 6.16. The van der Waals surface area contributed by atoms with Crippen molar-refractivity contribution in [2.75, 3.05) is 6.61 Å². The molecule has 0 atom stereocenters. The smallest absolute Gasteiger partial charge is 0.422 e. The van der Waals surface area contributed by atoms with Gasteiger partial charge < -0.3 is 9.47 Å². The Morgan fingerprint density at radius 3 is 2.00 bits per heavy atom. The molecule has 0 aromatic heterocycles. The summed E-state index contributed by atoms with van der Waals surface area (Å²) >= 11 is 0. The first-order valence-corrected chi connectivity index (χ1v) is 6.16. The number of esters is 2. The molecule has 0 spiro atoms. The Labute approximate surface area is 115 Å². The molecule has 0 N–H and O–H groups in total. The summed E-state index contributed by atoms with van der Waals surface area (Å²) in [7, 11) is 0. The van der Waals surface area contributed by atoms with Crippen molar-refractivity contribution in [3.8, 4) is 0 Å². The summed E-state index contributed by atoms with van der Waals surface area (Å²) in [6.07, 6.45) is -4.44. The molecule has 0 aliphatic rings. The van der Waals surface area contributed by atoms with Crippen LogP contribution in [0.2, 0.25) is 0 Å². The van der Waals surface area contributed by atoms with Crippen LogP contribution in [0.4, 0.5) is 13.2 Å². The van der Waals surface area contributed by atoms with Crippen LogP contribution in [-0.2, 0) is 19.1 Å². The number of alkyl halides is 3. The minimum Gasteiger partial charge on any atom is -0.456 e. The average Bonchev–Trinajstić information content (AvgIpc) is 2.34. The van der Waals surface area contributed by atoms with Crippen molar-refractivity contribution in [1.29, 1.82) is 0 Å². The van der Waals surface area contributed by atoms with Crippen molar-refractivity contribution >= 4 is 11.9 Å². The highest BCUT2D eigenvalue weighted by Crippen LogP contribution is 2.27. The predicted octanol–water partition coefficient (Wildman–Crippen LogP) is 3.16. The van der Waals surface area contributed by atoms with Crippen molar-refractivity contribution < 1.29 is 32.2 Å². The van der Waals surface area contributed by atoms with E-state index in [1.807, 2.05) is 0 Å². The Bertz CT molecular complexity index is 370. The molecule has 0 aliphatic heterocycles. The third-order valence-electron chi connectivity index (χ3n) is 2.81. The van der Waals surface area contributed by atoms with Gasteiger partial charge in [-0.2, -0.15) is 13.2 Å². The molecular formula is C13H19F3O4. The van der Waals surface area contributed by atoms with Crippen molar-refractivity contribution in [1.82, 2.24) is 0 Å². The molecule has 116 valence electrons. The average molecular weight is 296 g/mol. The fourth-order valence-electron chi connectivity index (χ4n) is 1.44. The lowest BCUT2D eigenvalue weighted by molar-refractivity contribution is -0.191. The number of carbonyl (C=O) groups is 2. The van der Waals surface area contributed by atoms with Gasteiger partial charge >= 0.3 is 18.1 Å². The van der Waals surface area contributed by atoms with Crippen LogP contribution >= 0.6 is 0 Å². The second-order valence-electron chi connectivity index (χ2n) is 4.51. The van der Waals surface area contributed by atoms with E-state index in [1.165, 1.54) is 6.92 Å². The summed E-state index contributed by atoms with van der Waals surface area (Å²) in [5, 5.41) is 0. The zero-order chi connectivity index (χ0) is 16.0. The standard InChI is InChI=1S/C13H19F3O4/c1-5-12(6-2,20-11(18)9(3)4)7-10(17)19-8-13(14,15)16/h3,5-8H2,1-2,4H3. The van der Waals surface area contributed by atoms with Crippen LogP contribution in [0.1, 0.15) is 40.0 Å². The highest BCUT2D eigenvalue weighted by Gasteiger charge is 2.36. The summed E-state index contributed by atoms with van der Waals surface area (Å²) in [6.45, 7) is 6.56. The number of ether oxygens (including phenoxy) is 2. The molecule has 0 radical (unpaired) electrons. The van der Waals surface area contributed by atoms with Crippen LogP contribution in [0.25, 0.3) is 0 Å². The second-order valence-corrected chi connectivity index (χ2v) is 4.51. The van der Waals surface area contributed by atoms with Crippen LogP contribution < -0.4 is 0 Å². The second kappa shape index (κ2) is 7.31. The van der Waals surface area contributed by atoms with Gasteiger partial charge in [0.1, 0.15) is 5.60 Å². The Kier molecular flexibility index (Phi) is 6.75. The predicted molar refractivity (Wildman–Crippen MR) is 65.9 cm³/mol. The summed E-state index contributed by atoms with van der Waals surface area (Å²) < 4.78 is 45.2. The van der Waals surface area contributed by atoms with Gasteiger partial charge in [0.25, 0.3) is 0 Å². The number of hydrogen-bond acceptors (Lipinski definition) is 4. The Hall–Kier alpha value is -1.53. The molecule has 0 aromatic rings. The van der Waals surface area contributed by atoms with E-state index in [-0.39, 0.29) is 18.4 Å². The molecule has 0 fully saturated rings. The third-order valence-corrected chi connectivity index (χ3v) is 2.81. The van der Waals surface area contributed by atoms with Crippen LogP contribution in [0.3, 0.4) is 0 Å². The fourth-order valence-corrected chi connectivity index (χ4v) is 1.44. The molecule has 0 unspecified atom stereocenters. The monoisotopic (exact) mass is 296 g/mol. The molecule has 0 saturated carbocycles. The summed E-state index contributed by atoms with van der Waals surface area (Å²) in [5.41, 5.74) is -1.02. The van der Waals surface area contributed by atoms with Gasteiger partial charge in [0.2, 0.25) is 0 Å². The highest BCUT2D eigenvalue weighted by molar-refractivity contribution is 5.87. The van der Waals surface area contributed by atoms with E-state index in [2.05, 4.69) is 11.3 Å². The van der Waals surface area contributed by atoms with E-state index in [0.717, 1.165) is 0 Å². The van der Waals surface area contributed by atoms with Gasteiger partial charge in [-0.25, -0.2) is 4.79 Å². The molecule has 7 heteroatoms. The first-order chi connectivity index (χ1) is 9.05. The minimum absolute atomic E-state index is 0.153. The lowest BCUT2D eigenvalue weighted by Crippen LogP contribution is -2.37. The van der Waals surface area contributed by atoms with Crippen LogP contribution in [-0.4, -0.2) is 30.3 Å². The maximum atomic E-state index is 12.0. The van der Waals surface area contributed by atoms with Crippen molar-refractivity contribution in [2.45, 2.75) is 51.8 Å². The maximum Gasteiger partial charge on any atom is 0.422 e. The van der Waals surface area contributed by atoms with E-state index in [1.54, 1.807) is 13.8 Å². The molecule has 4 nitrogen and oxygen atoms in total. The van der Waals surface area contributed by atoms with Gasteiger partial charge in [0.15, 0.2) is 6.61 Å². The summed E-state index contributed by atoms with van der Waals surface area (Å²) in [6, 6.07) is 0. The van der Waals surface area contributed by atoms with Gasteiger partial charge in [-0.1, -0.05) is 20.4 Å². The van der Waals surface area contributed by atoms with Gasteiger partial charge in [-0.3, -0.25) is 4.79 Å². The molecule has 0 amide bonds. The number of rotatable bonds is 7. The molecule has 0 bridgehead atoms.